The van der Waals surface area contributed by atoms with Gasteiger partial charge in [0.2, 0.25) is 0 Å². The molecule has 5 rings (SSSR count). The van der Waals surface area contributed by atoms with Crippen LogP contribution in [0.1, 0.15) is 38.5 Å². The van der Waals surface area contributed by atoms with Crippen molar-refractivity contribution in [3.05, 3.63) is 29.8 Å². The fourth-order valence-corrected chi connectivity index (χ4v) is 5.45. The van der Waals surface area contributed by atoms with Crippen molar-refractivity contribution >= 4 is 18.1 Å². The van der Waals surface area contributed by atoms with Crippen LogP contribution >= 0.6 is 12.4 Å². The minimum absolute atomic E-state index is 0. The van der Waals surface area contributed by atoms with E-state index in [1.165, 1.54) is 50.7 Å². The van der Waals surface area contributed by atoms with Crippen LogP contribution in [-0.2, 0) is 0 Å². The van der Waals surface area contributed by atoms with Crippen LogP contribution in [0.4, 0.5) is 14.5 Å². The molecule has 0 aliphatic heterocycles. The van der Waals surface area contributed by atoms with Crippen molar-refractivity contribution in [1.29, 1.82) is 0 Å². The monoisotopic (exact) mass is 313 g/mol. The molecule has 4 aliphatic carbocycles. The molecule has 4 saturated carbocycles. The van der Waals surface area contributed by atoms with Crippen molar-refractivity contribution < 1.29 is 8.78 Å². The Morgan fingerprint density at radius 1 is 0.905 bits per heavy atom. The maximum atomic E-state index is 13.2. The molecule has 0 amide bonds. The van der Waals surface area contributed by atoms with Gasteiger partial charge in [-0.05, 0) is 73.8 Å². The Morgan fingerprint density at radius 3 is 1.86 bits per heavy atom. The summed E-state index contributed by atoms with van der Waals surface area (Å²) in [5.41, 5.74) is 0.968. The Morgan fingerprint density at radius 2 is 1.38 bits per heavy atom. The Kier molecular flexibility index (Phi) is 3.89. The van der Waals surface area contributed by atoms with Gasteiger partial charge in [-0.15, -0.1) is 12.4 Å². The highest BCUT2D eigenvalue weighted by molar-refractivity contribution is 5.85. The molecule has 116 valence electrons. The van der Waals surface area contributed by atoms with Crippen LogP contribution in [-0.4, -0.2) is 6.54 Å². The molecule has 0 atom stereocenters. The summed E-state index contributed by atoms with van der Waals surface area (Å²) in [6.07, 6.45) is 8.20. The number of benzene rings is 1. The van der Waals surface area contributed by atoms with Gasteiger partial charge in [-0.3, -0.25) is 0 Å². The van der Waals surface area contributed by atoms with E-state index in [-0.39, 0.29) is 12.4 Å². The van der Waals surface area contributed by atoms with Gasteiger partial charge in [0.1, 0.15) is 11.6 Å². The van der Waals surface area contributed by atoms with Crippen molar-refractivity contribution in [2.24, 2.45) is 23.2 Å². The molecule has 4 bridgehead atoms. The molecule has 0 radical (unpaired) electrons. The summed E-state index contributed by atoms with van der Waals surface area (Å²) in [7, 11) is 0. The normalized spacial score (nSPS) is 36.4. The number of hydrogen-bond donors (Lipinski definition) is 1. The van der Waals surface area contributed by atoms with Crippen LogP contribution in [0, 0.1) is 34.8 Å². The minimum Gasteiger partial charge on any atom is -0.384 e. The van der Waals surface area contributed by atoms with Gasteiger partial charge >= 0.3 is 0 Å². The molecule has 0 spiro atoms. The zero-order chi connectivity index (χ0) is 13.7. The van der Waals surface area contributed by atoms with Crippen LogP contribution in [0.3, 0.4) is 0 Å². The van der Waals surface area contributed by atoms with Gasteiger partial charge in [0.05, 0.1) is 0 Å². The molecule has 1 aromatic rings. The smallest absolute Gasteiger partial charge is 0.128 e. The average molecular weight is 314 g/mol. The van der Waals surface area contributed by atoms with E-state index in [9.17, 15) is 8.78 Å². The lowest BCUT2D eigenvalue weighted by atomic mass is 9.49. The predicted octanol–water partition coefficient (Wildman–Crippen LogP) is 5.01. The molecule has 21 heavy (non-hydrogen) atoms. The van der Waals surface area contributed by atoms with Crippen LogP contribution in [0.25, 0.3) is 0 Å². The molecule has 1 nitrogen and oxygen atoms in total. The molecular formula is C17H22ClF2N. The molecular weight excluding hydrogens is 292 g/mol. The molecule has 4 fully saturated rings. The van der Waals surface area contributed by atoms with Gasteiger partial charge in [0, 0.05) is 18.3 Å². The number of rotatable bonds is 3. The van der Waals surface area contributed by atoms with E-state index in [1.54, 1.807) is 0 Å². The van der Waals surface area contributed by atoms with Crippen LogP contribution < -0.4 is 5.32 Å². The topological polar surface area (TPSA) is 12.0 Å². The SMILES string of the molecule is Cl.Fc1cc(F)cc(NCC23CC4CC(CC(C4)C2)C3)c1. The summed E-state index contributed by atoms with van der Waals surface area (Å²) in [6, 6.07) is 3.71. The second-order valence-electron chi connectivity index (χ2n) is 7.43. The fourth-order valence-electron chi connectivity index (χ4n) is 5.45. The third-order valence-corrected chi connectivity index (χ3v) is 5.70. The molecule has 4 aliphatic rings. The summed E-state index contributed by atoms with van der Waals surface area (Å²) in [6.45, 7) is 0.874. The summed E-state index contributed by atoms with van der Waals surface area (Å²) >= 11 is 0. The van der Waals surface area contributed by atoms with Gasteiger partial charge < -0.3 is 5.32 Å². The second-order valence-corrected chi connectivity index (χ2v) is 7.43. The molecule has 0 unspecified atom stereocenters. The highest BCUT2D eigenvalue weighted by Crippen LogP contribution is 2.59. The van der Waals surface area contributed by atoms with Gasteiger partial charge in [-0.2, -0.15) is 0 Å². The average Bonchev–Trinajstić information content (AvgIpc) is 2.34. The van der Waals surface area contributed by atoms with Gasteiger partial charge in [0.25, 0.3) is 0 Å². The summed E-state index contributed by atoms with van der Waals surface area (Å²) in [4.78, 5) is 0. The number of anilines is 1. The Hall–Kier alpha value is -0.830. The van der Waals surface area contributed by atoms with E-state index < -0.39 is 11.6 Å². The van der Waals surface area contributed by atoms with Crippen molar-refractivity contribution in [3.8, 4) is 0 Å². The molecule has 1 aromatic carbocycles. The van der Waals surface area contributed by atoms with E-state index in [4.69, 9.17) is 0 Å². The Bertz CT molecular complexity index is 476. The first kappa shape index (κ1) is 15.1. The lowest BCUT2D eigenvalue weighted by Gasteiger charge is -2.57. The third-order valence-electron chi connectivity index (χ3n) is 5.70. The number of nitrogens with one attached hydrogen (secondary N) is 1. The van der Waals surface area contributed by atoms with Gasteiger partial charge in [-0.1, -0.05) is 0 Å². The Labute approximate surface area is 130 Å². The minimum atomic E-state index is -0.502. The lowest BCUT2D eigenvalue weighted by Crippen LogP contribution is -2.49. The molecule has 0 aromatic heterocycles. The second kappa shape index (κ2) is 5.42. The third kappa shape index (κ3) is 2.90. The quantitative estimate of drug-likeness (QED) is 0.826. The first-order valence-electron chi connectivity index (χ1n) is 7.80. The van der Waals surface area contributed by atoms with E-state index in [0.717, 1.165) is 30.4 Å². The van der Waals surface area contributed by atoms with Crippen LogP contribution in [0.15, 0.2) is 18.2 Å². The zero-order valence-electron chi connectivity index (χ0n) is 12.1. The van der Waals surface area contributed by atoms with Crippen molar-refractivity contribution in [1.82, 2.24) is 0 Å². The largest absolute Gasteiger partial charge is 0.384 e. The molecule has 4 heteroatoms. The number of hydrogen-bond acceptors (Lipinski definition) is 1. The molecule has 0 saturated heterocycles. The van der Waals surface area contributed by atoms with Crippen molar-refractivity contribution in [2.75, 3.05) is 11.9 Å². The standard InChI is InChI=1S/C17H21F2N.ClH/c18-14-4-15(19)6-16(5-14)20-10-17-7-11-1-12(8-17)3-13(2-11)9-17;/h4-6,11-13,20H,1-3,7-10H2;1H. The van der Waals surface area contributed by atoms with Crippen LogP contribution in [0.5, 0.6) is 0 Å². The van der Waals surface area contributed by atoms with E-state index in [0.29, 0.717) is 11.1 Å². The van der Waals surface area contributed by atoms with Crippen molar-refractivity contribution in [3.63, 3.8) is 0 Å². The first-order chi connectivity index (χ1) is 9.60. The molecule has 1 N–H and O–H groups in total. The van der Waals surface area contributed by atoms with E-state index in [1.807, 2.05) is 0 Å². The summed E-state index contributed by atoms with van der Waals surface area (Å²) < 4.78 is 26.5. The highest BCUT2D eigenvalue weighted by atomic mass is 35.5. The van der Waals surface area contributed by atoms with Gasteiger partial charge in [-0.25, -0.2) is 8.78 Å². The van der Waals surface area contributed by atoms with E-state index in [2.05, 4.69) is 5.32 Å². The lowest BCUT2D eigenvalue weighted by molar-refractivity contribution is -0.0444. The van der Waals surface area contributed by atoms with Crippen molar-refractivity contribution in [2.45, 2.75) is 38.5 Å². The molecule has 0 heterocycles. The summed E-state index contributed by atoms with van der Waals surface area (Å²) in [5, 5.41) is 3.30. The van der Waals surface area contributed by atoms with Gasteiger partial charge in [0.15, 0.2) is 0 Å². The Balaban J connectivity index is 0.00000132. The predicted molar refractivity (Wildman–Crippen MR) is 82.7 cm³/mol. The zero-order valence-corrected chi connectivity index (χ0v) is 12.9. The maximum absolute atomic E-state index is 13.2. The van der Waals surface area contributed by atoms with E-state index >= 15 is 0 Å². The number of halogens is 3. The highest BCUT2D eigenvalue weighted by Gasteiger charge is 2.50. The first-order valence-corrected chi connectivity index (χ1v) is 7.80. The van der Waals surface area contributed by atoms with Crippen LogP contribution in [0.2, 0.25) is 0 Å². The maximum Gasteiger partial charge on any atom is 0.128 e. The summed E-state index contributed by atoms with van der Waals surface area (Å²) in [5.74, 6) is 1.72. The fraction of sp³-hybridized carbons (Fsp3) is 0.647.